The topological polar surface area (TPSA) is 49.3 Å². The summed E-state index contributed by atoms with van der Waals surface area (Å²) in [6, 6.07) is 12.5. The number of anilines is 1. The van der Waals surface area contributed by atoms with Gasteiger partial charge < -0.3 is 9.80 Å². The molecule has 2 aliphatic rings. The molecular weight excluding hydrogens is 288 g/mol. The van der Waals surface area contributed by atoms with Gasteiger partial charge in [-0.1, -0.05) is 30.3 Å². The lowest BCUT2D eigenvalue weighted by Gasteiger charge is -2.25. The molecule has 5 heteroatoms. The second kappa shape index (κ2) is 5.99. The predicted octanol–water partition coefficient (Wildman–Crippen LogP) is 1.90. The summed E-state index contributed by atoms with van der Waals surface area (Å²) in [7, 11) is 0. The van der Waals surface area contributed by atoms with Gasteiger partial charge in [0.15, 0.2) is 0 Å². The van der Waals surface area contributed by atoms with E-state index in [4.69, 9.17) is 0 Å². The van der Waals surface area contributed by atoms with Crippen molar-refractivity contribution >= 4 is 11.9 Å². The predicted molar refractivity (Wildman–Crippen MR) is 88.0 cm³/mol. The van der Waals surface area contributed by atoms with E-state index in [2.05, 4.69) is 19.8 Å². The zero-order valence-corrected chi connectivity index (χ0v) is 13.0. The van der Waals surface area contributed by atoms with E-state index in [1.165, 1.54) is 0 Å². The molecule has 0 bridgehead atoms. The number of amides is 1. The Kier molecular flexibility index (Phi) is 3.69. The van der Waals surface area contributed by atoms with Crippen LogP contribution in [0.25, 0.3) is 0 Å². The van der Waals surface area contributed by atoms with Gasteiger partial charge in [-0.3, -0.25) is 4.79 Å². The van der Waals surface area contributed by atoms with Gasteiger partial charge in [-0.25, -0.2) is 9.97 Å². The maximum Gasteiger partial charge on any atom is 0.227 e. The highest BCUT2D eigenvalue weighted by Gasteiger charge is 2.44. The fourth-order valence-electron chi connectivity index (χ4n) is 3.86. The molecule has 1 aromatic heterocycles. The Bertz CT molecular complexity index is 676. The fraction of sp³-hybridized carbons (Fsp3) is 0.389. The summed E-state index contributed by atoms with van der Waals surface area (Å²) in [4.78, 5) is 25.8. The highest BCUT2D eigenvalue weighted by Crippen LogP contribution is 2.33. The minimum absolute atomic E-state index is 0.236. The molecule has 2 aliphatic heterocycles. The van der Waals surface area contributed by atoms with Crippen LogP contribution in [0, 0.1) is 0 Å². The molecule has 0 N–H and O–H groups in total. The van der Waals surface area contributed by atoms with E-state index in [0.29, 0.717) is 18.5 Å². The molecule has 118 valence electrons. The largest absolute Gasteiger partial charge is 0.337 e. The normalized spacial score (nSPS) is 23.1. The van der Waals surface area contributed by atoms with E-state index < -0.39 is 0 Å². The lowest BCUT2D eigenvalue weighted by atomic mass is 10.1. The summed E-state index contributed by atoms with van der Waals surface area (Å²) in [5.74, 6) is 1.02. The molecule has 4 rings (SSSR count). The molecule has 0 radical (unpaired) electrons. The molecular formula is C18H20N4O. The van der Waals surface area contributed by atoms with Crippen LogP contribution in [-0.2, 0) is 11.2 Å². The fourth-order valence-corrected chi connectivity index (χ4v) is 3.86. The van der Waals surface area contributed by atoms with E-state index in [-0.39, 0.29) is 5.91 Å². The summed E-state index contributed by atoms with van der Waals surface area (Å²) in [5, 5.41) is 0. The highest BCUT2D eigenvalue weighted by atomic mass is 16.2. The summed E-state index contributed by atoms with van der Waals surface area (Å²) in [6.07, 6.45) is 6.06. The molecule has 0 unspecified atom stereocenters. The van der Waals surface area contributed by atoms with Crippen LogP contribution in [0.1, 0.15) is 18.4 Å². The van der Waals surface area contributed by atoms with E-state index in [1.807, 2.05) is 36.4 Å². The van der Waals surface area contributed by atoms with Crippen molar-refractivity contribution in [2.75, 3.05) is 18.0 Å². The quantitative estimate of drug-likeness (QED) is 0.869. The monoisotopic (exact) mass is 308 g/mol. The van der Waals surface area contributed by atoms with Crippen molar-refractivity contribution in [1.29, 1.82) is 0 Å². The maximum atomic E-state index is 12.7. The van der Waals surface area contributed by atoms with Crippen LogP contribution in [0.4, 0.5) is 5.95 Å². The Balaban J connectivity index is 1.46. The van der Waals surface area contributed by atoms with Gasteiger partial charge in [0.25, 0.3) is 0 Å². The van der Waals surface area contributed by atoms with Gasteiger partial charge in [-0.15, -0.1) is 0 Å². The third-order valence-electron chi connectivity index (χ3n) is 4.90. The molecule has 23 heavy (non-hydrogen) atoms. The van der Waals surface area contributed by atoms with E-state index in [1.54, 1.807) is 12.4 Å². The lowest BCUT2D eigenvalue weighted by Crippen LogP contribution is -2.40. The number of carbonyl (C=O) groups excluding carboxylic acids is 1. The number of benzene rings is 1. The molecule has 0 spiro atoms. The van der Waals surface area contributed by atoms with Crippen LogP contribution in [0.15, 0.2) is 48.8 Å². The molecule has 5 nitrogen and oxygen atoms in total. The Hall–Kier alpha value is -2.43. The number of likely N-dealkylation sites (tertiary alicyclic amines) is 1. The lowest BCUT2D eigenvalue weighted by molar-refractivity contribution is -0.131. The number of fused-ring (bicyclic) bond motifs is 1. The van der Waals surface area contributed by atoms with Gasteiger partial charge in [0.2, 0.25) is 11.9 Å². The maximum absolute atomic E-state index is 12.7. The first-order valence-corrected chi connectivity index (χ1v) is 8.20. The second-order valence-electron chi connectivity index (χ2n) is 6.20. The van der Waals surface area contributed by atoms with Crippen LogP contribution in [-0.4, -0.2) is 45.9 Å². The Morgan fingerprint density at radius 2 is 1.74 bits per heavy atom. The summed E-state index contributed by atoms with van der Waals surface area (Å²) < 4.78 is 0. The van der Waals surface area contributed by atoms with Gasteiger partial charge >= 0.3 is 0 Å². The zero-order chi connectivity index (χ0) is 15.6. The molecule has 2 atom stereocenters. The average molecular weight is 308 g/mol. The van der Waals surface area contributed by atoms with Gasteiger partial charge in [0.1, 0.15) is 0 Å². The first-order chi connectivity index (χ1) is 11.3. The van der Waals surface area contributed by atoms with Crippen molar-refractivity contribution in [3.8, 4) is 0 Å². The van der Waals surface area contributed by atoms with E-state index in [9.17, 15) is 4.79 Å². The number of nitrogens with zero attached hydrogens (tertiary/aromatic N) is 4. The first-order valence-electron chi connectivity index (χ1n) is 8.20. The van der Waals surface area contributed by atoms with Crippen molar-refractivity contribution in [2.45, 2.75) is 31.3 Å². The van der Waals surface area contributed by atoms with Gasteiger partial charge in [-0.2, -0.15) is 0 Å². The minimum atomic E-state index is 0.236. The van der Waals surface area contributed by atoms with Gasteiger partial charge in [0, 0.05) is 25.5 Å². The number of carbonyl (C=O) groups is 1. The third kappa shape index (κ3) is 2.67. The van der Waals surface area contributed by atoms with Crippen molar-refractivity contribution in [3.63, 3.8) is 0 Å². The van der Waals surface area contributed by atoms with E-state index in [0.717, 1.165) is 37.4 Å². The Morgan fingerprint density at radius 3 is 2.52 bits per heavy atom. The number of hydrogen-bond acceptors (Lipinski definition) is 4. The highest BCUT2D eigenvalue weighted by molar-refractivity contribution is 5.79. The third-order valence-corrected chi connectivity index (χ3v) is 4.90. The van der Waals surface area contributed by atoms with Crippen molar-refractivity contribution < 1.29 is 4.79 Å². The summed E-state index contributed by atoms with van der Waals surface area (Å²) in [5.41, 5.74) is 1.09. The number of aromatic nitrogens is 2. The summed E-state index contributed by atoms with van der Waals surface area (Å²) in [6.45, 7) is 1.76. The molecule has 0 saturated carbocycles. The first kappa shape index (κ1) is 14.2. The molecule has 2 fully saturated rings. The van der Waals surface area contributed by atoms with Crippen LogP contribution >= 0.6 is 0 Å². The van der Waals surface area contributed by atoms with E-state index >= 15 is 0 Å². The second-order valence-corrected chi connectivity index (χ2v) is 6.20. The van der Waals surface area contributed by atoms with Gasteiger partial charge in [-0.05, 0) is 24.5 Å². The molecule has 1 amide bonds. The van der Waals surface area contributed by atoms with Crippen molar-refractivity contribution in [2.24, 2.45) is 0 Å². The SMILES string of the molecule is O=C(Cc1ccccc1)N1CC[C@@H]2[C@@H]1CCN2c1ncccn1. The van der Waals surface area contributed by atoms with Crippen molar-refractivity contribution in [3.05, 3.63) is 54.4 Å². The standard InChI is InChI=1S/C18H20N4O/c23-17(13-14-5-2-1-3-6-14)21-11-7-16-15(21)8-12-22(16)18-19-9-4-10-20-18/h1-6,9-10,15-16H,7-8,11-13H2/t15-,16+/m0/s1. The molecule has 0 aliphatic carbocycles. The smallest absolute Gasteiger partial charge is 0.227 e. The molecule has 3 heterocycles. The zero-order valence-electron chi connectivity index (χ0n) is 13.0. The van der Waals surface area contributed by atoms with Gasteiger partial charge in [0.05, 0.1) is 18.5 Å². The number of hydrogen-bond donors (Lipinski definition) is 0. The van der Waals surface area contributed by atoms with Crippen LogP contribution < -0.4 is 4.90 Å². The molecule has 1 aromatic carbocycles. The minimum Gasteiger partial charge on any atom is -0.337 e. The molecule has 2 aromatic rings. The summed E-state index contributed by atoms with van der Waals surface area (Å²) >= 11 is 0. The average Bonchev–Trinajstić information content (AvgIpc) is 3.18. The molecule has 2 saturated heterocycles. The van der Waals surface area contributed by atoms with Crippen molar-refractivity contribution in [1.82, 2.24) is 14.9 Å². The Morgan fingerprint density at radius 1 is 1.00 bits per heavy atom. The van der Waals surface area contributed by atoms with Crippen LogP contribution in [0.2, 0.25) is 0 Å². The Labute approximate surface area is 136 Å². The van der Waals surface area contributed by atoms with Crippen LogP contribution in [0.5, 0.6) is 0 Å². The van der Waals surface area contributed by atoms with Crippen LogP contribution in [0.3, 0.4) is 0 Å². The number of rotatable bonds is 3.